The van der Waals surface area contributed by atoms with Gasteiger partial charge < -0.3 is 0 Å². The first-order valence-corrected chi connectivity index (χ1v) is 13.8. The second kappa shape index (κ2) is 12.2. The molecule has 2 aliphatic rings. The van der Waals surface area contributed by atoms with Gasteiger partial charge in [0.05, 0.1) is 5.25 Å². The molecule has 2 amide bonds. The van der Waals surface area contributed by atoms with Crippen molar-refractivity contribution in [2.75, 3.05) is 45.6 Å². The fourth-order valence-corrected chi connectivity index (χ4v) is 7.01. The van der Waals surface area contributed by atoms with Gasteiger partial charge in [-0.15, -0.1) is 33.4 Å². The smallest absolute Gasteiger partial charge is 0.300 e. The van der Waals surface area contributed by atoms with Crippen molar-refractivity contribution in [1.29, 1.82) is 0 Å². The number of alkyl halides is 2. The zero-order valence-electron chi connectivity index (χ0n) is 18.2. The van der Waals surface area contributed by atoms with E-state index < -0.39 is 19.1 Å². The summed E-state index contributed by atoms with van der Waals surface area (Å²) in [4.78, 5) is 27.8. The van der Waals surface area contributed by atoms with Crippen molar-refractivity contribution in [3.05, 3.63) is 12.2 Å². The Balaban J connectivity index is 2.21. The quantitative estimate of drug-likeness (QED) is 0.169. The van der Waals surface area contributed by atoms with E-state index in [0.29, 0.717) is 11.7 Å². The van der Waals surface area contributed by atoms with E-state index in [1.54, 1.807) is 6.92 Å². The third-order valence-corrected chi connectivity index (χ3v) is 8.96. The summed E-state index contributed by atoms with van der Waals surface area (Å²) < 4.78 is 25.3. The van der Waals surface area contributed by atoms with Crippen molar-refractivity contribution in [1.82, 2.24) is 14.5 Å². The Morgan fingerprint density at radius 2 is 1.78 bits per heavy atom. The van der Waals surface area contributed by atoms with Crippen molar-refractivity contribution in [3.63, 3.8) is 0 Å². The molecular formula is C17H26Cl2N5O5PS2. The molecule has 0 radical (unpaired) electrons. The third-order valence-electron chi connectivity index (χ3n) is 4.30. The molecule has 32 heavy (non-hydrogen) atoms. The fraction of sp³-hybridized carbons (Fsp3) is 0.647. The molecule has 0 bridgehead atoms. The van der Waals surface area contributed by atoms with Crippen LogP contribution in [0.1, 0.15) is 13.8 Å². The molecule has 3 atom stereocenters. The van der Waals surface area contributed by atoms with E-state index in [-0.39, 0.29) is 41.2 Å². The molecule has 180 valence electrons. The van der Waals surface area contributed by atoms with Gasteiger partial charge in [0.25, 0.3) is 5.91 Å². The van der Waals surface area contributed by atoms with Crippen LogP contribution in [-0.4, -0.2) is 92.9 Å². The predicted molar refractivity (Wildman–Crippen MR) is 131 cm³/mol. The summed E-state index contributed by atoms with van der Waals surface area (Å²) in [7, 11) is -1.09. The molecule has 0 aromatic heterocycles. The standard InChI is InChI=1S/C17H26Cl2N5O5PS2/c1-11(2)10-24-13(25)12(3)31-17(24)21-20-16-22(4)14(26)15(32-16)29-30(27,28-5)23(8-6-18)9-7-19/h12,15H,1,6-10H2,2-5H3. The lowest BCUT2D eigenvalue weighted by Crippen LogP contribution is -2.33. The van der Waals surface area contributed by atoms with Gasteiger partial charge in [0.1, 0.15) is 0 Å². The lowest BCUT2D eigenvalue weighted by Gasteiger charge is -2.29. The number of halogens is 2. The number of hydrogen-bond acceptors (Lipinski definition) is 9. The predicted octanol–water partition coefficient (Wildman–Crippen LogP) is 3.24. The van der Waals surface area contributed by atoms with Gasteiger partial charge in [0.2, 0.25) is 5.91 Å². The van der Waals surface area contributed by atoms with Crippen LogP contribution < -0.4 is 0 Å². The van der Waals surface area contributed by atoms with Crippen LogP contribution in [0, 0.1) is 0 Å². The van der Waals surface area contributed by atoms with Crippen LogP contribution in [0.4, 0.5) is 0 Å². The molecule has 2 rings (SSSR count). The Morgan fingerprint density at radius 3 is 2.31 bits per heavy atom. The molecular weight excluding hydrogens is 520 g/mol. The maximum atomic E-state index is 13.2. The lowest BCUT2D eigenvalue weighted by molar-refractivity contribution is -0.129. The number of hydrogen-bond donors (Lipinski definition) is 0. The summed E-state index contributed by atoms with van der Waals surface area (Å²) in [5.74, 6) is -0.190. The van der Waals surface area contributed by atoms with Crippen LogP contribution in [0.2, 0.25) is 0 Å². The first kappa shape index (κ1) is 27.7. The first-order valence-electron chi connectivity index (χ1n) is 9.51. The van der Waals surface area contributed by atoms with Crippen molar-refractivity contribution < 1.29 is 23.2 Å². The highest BCUT2D eigenvalue weighted by Gasteiger charge is 2.44. The normalized spacial score (nSPS) is 26.1. The maximum Gasteiger partial charge on any atom is 0.409 e. The Hall–Kier alpha value is -0.590. The SMILES string of the molecule is C=C(C)CN1C(=O)C(C)SC1=NN=C1SC(OP(=O)(OC)N(CCCl)CCCl)C(=O)N1C. The molecule has 0 spiro atoms. The van der Waals surface area contributed by atoms with Gasteiger partial charge in [-0.1, -0.05) is 23.9 Å². The number of carbonyl (C=O) groups is 2. The summed E-state index contributed by atoms with van der Waals surface area (Å²) in [6, 6.07) is 0. The Bertz CT molecular complexity index is 855. The van der Waals surface area contributed by atoms with E-state index >= 15 is 0 Å². The van der Waals surface area contributed by atoms with Crippen LogP contribution >= 0.6 is 54.5 Å². The fourth-order valence-electron chi connectivity index (χ4n) is 2.70. The number of carbonyl (C=O) groups excluding carboxylic acids is 2. The first-order chi connectivity index (χ1) is 15.1. The minimum atomic E-state index is -3.83. The molecule has 2 saturated heterocycles. The van der Waals surface area contributed by atoms with E-state index in [9.17, 15) is 14.2 Å². The van der Waals surface area contributed by atoms with Crippen molar-refractivity contribution in [2.45, 2.75) is 24.5 Å². The van der Waals surface area contributed by atoms with Gasteiger partial charge in [-0.3, -0.25) is 28.4 Å². The summed E-state index contributed by atoms with van der Waals surface area (Å²) in [6.07, 6.45) is 0. The molecule has 15 heteroatoms. The van der Waals surface area contributed by atoms with Crippen LogP contribution in [-0.2, 0) is 23.2 Å². The molecule has 0 aliphatic carbocycles. The molecule has 2 heterocycles. The third kappa shape index (κ3) is 6.50. The minimum Gasteiger partial charge on any atom is -0.300 e. The zero-order valence-corrected chi connectivity index (χ0v) is 22.2. The van der Waals surface area contributed by atoms with Crippen molar-refractivity contribution in [2.24, 2.45) is 10.2 Å². The minimum absolute atomic E-state index is 0.0821. The van der Waals surface area contributed by atoms with Crippen LogP contribution in [0.15, 0.2) is 22.4 Å². The van der Waals surface area contributed by atoms with Gasteiger partial charge >= 0.3 is 7.75 Å². The van der Waals surface area contributed by atoms with Gasteiger partial charge in [-0.05, 0) is 25.6 Å². The molecule has 0 aromatic rings. The molecule has 0 N–H and O–H groups in total. The molecule has 2 fully saturated rings. The van der Waals surface area contributed by atoms with Gasteiger partial charge in [0.15, 0.2) is 15.8 Å². The average molecular weight is 546 g/mol. The number of nitrogens with zero attached hydrogens (tertiary/aromatic N) is 5. The van der Waals surface area contributed by atoms with E-state index in [1.165, 1.54) is 40.4 Å². The molecule has 0 saturated carbocycles. The number of likely N-dealkylation sites (N-methyl/N-ethyl adjacent to an activating group) is 1. The highest BCUT2D eigenvalue weighted by atomic mass is 35.5. The molecule has 2 aliphatic heterocycles. The molecule has 3 unspecified atom stereocenters. The maximum absolute atomic E-state index is 13.2. The molecule has 0 aromatic carbocycles. The van der Waals surface area contributed by atoms with E-state index in [2.05, 4.69) is 16.8 Å². The van der Waals surface area contributed by atoms with Gasteiger partial charge in [-0.25, -0.2) is 9.24 Å². The topological polar surface area (TPSA) is 104 Å². The average Bonchev–Trinajstić information content (AvgIpc) is 3.16. The van der Waals surface area contributed by atoms with Gasteiger partial charge in [0, 0.05) is 45.6 Å². The number of thioether (sulfide) groups is 2. The van der Waals surface area contributed by atoms with Crippen LogP contribution in [0.25, 0.3) is 0 Å². The van der Waals surface area contributed by atoms with Crippen molar-refractivity contribution >= 4 is 76.6 Å². The molecule has 10 nitrogen and oxygen atoms in total. The van der Waals surface area contributed by atoms with Crippen LogP contribution in [0.3, 0.4) is 0 Å². The Labute approximate surface area is 206 Å². The summed E-state index contributed by atoms with van der Waals surface area (Å²) >= 11 is 13.8. The Kier molecular flexibility index (Phi) is 10.6. The number of amidine groups is 2. The largest absolute Gasteiger partial charge is 0.409 e. The summed E-state index contributed by atoms with van der Waals surface area (Å²) in [6.45, 7) is 8.19. The zero-order chi connectivity index (χ0) is 24.1. The number of amides is 2. The summed E-state index contributed by atoms with van der Waals surface area (Å²) in [5, 5.41) is 8.70. The van der Waals surface area contributed by atoms with E-state index in [0.717, 1.165) is 17.3 Å². The lowest BCUT2D eigenvalue weighted by atomic mass is 10.3. The monoisotopic (exact) mass is 545 g/mol. The van der Waals surface area contributed by atoms with E-state index in [4.69, 9.17) is 32.2 Å². The van der Waals surface area contributed by atoms with Crippen molar-refractivity contribution in [3.8, 4) is 0 Å². The Morgan fingerprint density at radius 1 is 1.19 bits per heavy atom. The van der Waals surface area contributed by atoms with Gasteiger partial charge in [-0.2, -0.15) is 0 Å². The number of rotatable bonds is 11. The summed E-state index contributed by atoms with van der Waals surface area (Å²) in [5.41, 5.74) is -0.348. The highest BCUT2D eigenvalue weighted by Crippen LogP contribution is 2.54. The second-order valence-corrected chi connectivity index (χ2v) is 12.0. The van der Waals surface area contributed by atoms with Crippen LogP contribution in [0.5, 0.6) is 0 Å². The highest BCUT2D eigenvalue weighted by molar-refractivity contribution is 8.16. The second-order valence-electron chi connectivity index (χ2n) is 6.84. The van der Waals surface area contributed by atoms with E-state index in [1.807, 2.05) is 6.92 Å².